The summed E-state index contributed by atoms with van der Waals surface area (Å²) in [4.78, 5) is 0. The molecule has 2 aromatic carbocycles. The quantitative estimate of drug-likeness (QED) is 0.880. The zero-order valence-electron chi connectivity index (χ0n) is 12.8. The highest BCUT2D eigenvalue weighted by Gasteiger charge is 2.16. The molecule has 0 spiro atoms. The number of hydrogen-bond acceptors (Lipinski definition) is 3. The number of aliphatic hydroxyl groups is 1. The summed E-state index contributed by atoms with van der Waals surface area (Å²) in [5.74, 6) is 1.53. The molecule has 3 nitrogen and oxygen atoms in total. The van der Waals surface area contributed by atoms with Crippen LogP contribution >= 0.6 is 0 Å². The van der Waals surface area contributed by atoms with Crippen LogP contribution in [0.1, 0.15) is 29.7 Å². The molecule has 3 heteroatoms. The molecule has 1 unspecified atom stereocenters. The van der Waals surface area contributed by atoms with E-state index in [0.29, 0.717) is 13.0 Å². The maximum atomic E-state index is 10.6. The molecule has 1 atom stereocenters. The van der Waals surface area contributed by atoms with Crippen molar-refractivity contribution in [3.8, 4) is 11.5 Å². The highest BCUT2D eigenvalue weighted by Crippen LogP contribution is 2.30. The van der Waals surface area contributed by atoms with E-state index in [1.54, 1.807) is 7.11 Å². The lowest BCUT2D eigenvalue weighted by molar-refractivity contribution is 0.171. The Hall–Kier alpha value is -2.00. The van der Waals surface area contributed by atoms with Gasteiger partial charge in [-0.05, 0) is 31.5 Å². The minimum atomic E-state index is -0.622. The molecule has 1 N–H and O–H groups in total. The molecule has 0 heterocycles. The summed E-state index contributed by atoms with van der Waals surface area (Å²) < 4.78 is 11.0. The fraction of sp³-hybridized carbons (Fsp3) is 0.333. The Labute approximate surface area is 126 Å². The van der Waals surface area contributed by atoms with Crippen molar-refractivity contribution in [2.24, 2.45) is 0 Å². The Balaban J connectivity index is 2.26. The Morgan fingerprint density at radius 2 is 1.86 bits per heavy atom. The van der Waals surface area contributed by atoms with Gasteiger partial charge in [-0.25, -0.2) is 0 Å². The molecular formula is C18H22O3. The zero-order chi connectivity index (χ0) is 15.2. The Bertz CT molecular complexity index is 593. The SMILES string of the molecule is CCOc1ccccc1C(O)Cc1cc(C)ccc1OC. The van der Waals surface area contributed by atoms with E-state index in [0.717, 1.165) is 28.2 Å². The monoisotopic (exact) mass is 286 g/mol. The molecule has 0 bridgehead atoms. The van der Waals surface area contributed by atoms with E-state index in [1.807, 2.05) is 56.3 Å². The molecule has 0 aliphatic carbocycles. The van der Waals surface area contributed by atoms with Gasteiger partial charge in [0.15, 0.2) is 0 Å². The number of hydrogen-bond donors (Lipinski definition) is 1. The minimum absolute atomic E-state index is 0.495. The van der Waals surface area contributed by atoms with Gasteiger partial charge in [-0.1, -0.05) is 35.9 Å². The lowest BCUT2D eigenvalue weighted by Gasteiger charge is -2.17. The van der Waals surface area contributed by atoms with Gasteiger partial charge in [0.1, 0.15) is 11.5 Å². The van der Waals surface area contributed by atoms with Gasteiger partial charge in [0.2, 0.25) is 0 Å². The minimum Gasteiger partial charge on any atom is -0.496 e. The van der Waals surface area contributed by atoms with Crippen LogP contribution < -0.4 is 9.47 Å². The van der Waals surface area contributed by atoms with Gasteiger partial charge in [0, 0.05) is 12.0 Å². The van der Waals surface area contributed by atoms with Gasteiger partial charge in [-0.15, -0.1) is 0 Å². The molecule has 21 heavy (non-hydrogen) atoms. The van der Waals surface area contributed by atoms with Gasteiger partial charge in [0.25, 0.3) is 0 Å². The van der Waals surface area contributed by atoms with E-state index >= 15 is 0 Å². The maximum Gasteiger partial charge on any atom is 0.125 e. The fourth-order valence-electron chi connectivity index (χ4n) is 2.43. The van der Waals surface area contributed by atoms with Crippen LogP contribution in [-0.4, -0.2) is 18.8 Å². The molecule has 0 aromatic heterocycles. The number of para-hydroxylation sites is 1. The van der Waals surface area contributed by atoms with E-state index < -0.39 is 6.10 Å². The molecule has 0 fully saturated rings. The Morgan fingerprint density at radius 1 is 1.10 bits per heavy atom. The lowest BCUT2D eigenvalue weighted by atomic mass is 9.98. The third-order valence-electron chi connectivity index (χ3n) is 3.43. The number of aliphatic hydroxyl groups excluding tert-OH is 1. The summed E-state index contributed by atoms with van der Waals surface area (Å²) in [7, 11) is 1.65. The van der Waals surface area contributed by atoms with Crippen molar-refractivity contribution >= 4 is 0 Å². The van der Waals surface area contributed by atoms with Crippen molar-refractivity contribution in [2.75, 3.05) is 13.7 Å². The van der Waals surface area contributed by atoms with E-state index in [2.05, 4.69) is 0 Å². The van der Waals surface area contributed by atoms with Crippen molar-refractivity contribution < 1.29 is 14.6 Å². The van der Waals surface area contributed by atoms with Crippen molar-refractivity contribution in [1.82, 2.24) is 0 Å². The molecule has 0 aliphatic rings. The van der Waals surface area contributed by atoms with Crippen molar-refractivity contribution in [2.45, 2.75) is 26.4 Å². The second-order valence-electron chi connectivity index (χ2n) is 5.01. The molecule has 0 saturated carbocycles. The summed E-state index contributed by atoms with van der Waals surface area (Å²) in [6.45, 7) is 4.55. The van der Waals surface area contributed by atoms with E-state index in [1.165, 1.54) is 0 Å². The van der Waals surface area contributed by atoms with Crippen LogP contribution in [0.3, 0.4) is 0 Å². The highest BCUT2D eigenvalue weighted by molar-refractivity contribution is 5.40. The summed E-state index contributed by atoms with van der Waals surface area (Å²) in [5.41, 5.74) is 2.95. The summed E-state index contributed by atoms with van der Waals surface area (Å²) in [6, 6.07) is 13.6. The molecule has 0 amide bonds. The predicted octanol–water partition coefficient (Wildman–Crippen LogP) is 3.68. The van der Waals surface area contributed by atoms with Gasteiger partial charge < -0.3 is 14.6 Å². The van der Waals surface area contributed by atoms with Crippen LogP contribution in [0.5, 0.6) is 11.5 Å². The molecule has 112 valence electrons. The first-order valence-corrected chi connectivity index (χ1v) is 7.19. The molecule has 0 aliphatic heterocycles. The second kappa shape index (κ2) is 7.14. The van der Waals surface area contributed by atoms with Gasteiger partial charge in [-0.2, -0.15) is 0 Å². The number of aryl methyl sites for hydroxylation is 1. The maximum absolute atomic E-state index is 10.6. The van der Waals surface area contributed by atoms with E-state index in [4.69, 9.17) is 9.47 Å². The smallest absolute Gasteiger partial charge is 0.125 e. The number of rotatable bonds is 6. The van der Waals surface area contributed by atoms with Gasteiger partial charge in [-0.3, -0.25) is 0 Å². The van der Waals surface area contributed by atoms with Crippen LogP contribution in [0.4, 0.5) is 0 Å². The third-order valence-corrected chi connectivity index (χ3v) is 3.43. The van der Waals surface area contributed by atoms with E-state index in [-0.39, 0.29) is 0 Å². The topological polar surface area (TPSA) is 38.7 Å². The standard InChI is InChI=1S/C18H22O3/c1-4-21-18-8-6-5-7-15(18)16(19)12-14-11-13(2)9-10-17(14)20-3/h5-11,16,19H,4,12H2,1-3H3. The molecule has 0 radical (unpaired) electrons. The summed E-state index contributed by atoms with van der Waals surface area (Å²) in [5, 5.41) is 10.6. The number of methoxy groups -OCH3 is 1. The van der Waals surface area contributed by atoms with Crippen LogP contribution in [-0.2, 0) is 6.42 Å². The largest absolute Gasteiger partial charge is 0.496 e. The van der Waals surface area contributed by atoms with Crippen molar-refractivity contribution in [1.29, 1.82) is 0 Å². The second-order valence-corrected chi connectivity index (χ2v) is 5.01. The summed E-state index contributed by atoms with van der Waals surface area (Å²) in [6.07, 6.45) is -0.127. The molecule has 0 saturated heterocycles. The van der Waals surface area contributed by atoms with Crippen LogP contribution in [0.2, 0.25) is 0 Å². The van der Waals surface area contributed by atoms with Crippen LogP contribution in [0.15, 0.2) is 42.5 Å². The van der Waals surface area contributed by atoms with Gasteiger partial charge >= 0.3 is 0 Å². The summed E-state index contributed by atoms with van der Waals surface area (Å²) >= 11 is 0. The Kier molecular flexibility index (Phi) is 5.23. The normalized spacial score (nSPS) is 12.0. The number of ether oxygens (including phenoxy) is 2. The van der Waals surface area contributed by atoms with Gasteiger partial charge in [0.05, 0.1) is 19.8 Å². The fourth-order valence-corrected chi connectivity index (χ4v) is 2.43. The van der Waals surface area contributed by atoms with Crippen LogP contribution in [0, 0.1) is 6.92 Å². The predicted molar refractivity (Wildman–Crippen MR) is 84.0 cm³/mol. The van der Waals surface area contributed by atoms with Crippen molar-refractivity contribution in [3.63, 3.8) is 0 Å². The Morgan fingerprint density at radius 3 is 2.57 bits per heavy atom. The zero-order valence-corrected chi connectivity index (χ0v) is 12.8. The first-order valence-electron chi connectivity index (χ1n) is 7.19. The highest BCUT2D eigenvalue weighted by atomic mass is 16.5. The average molecular weight is 286 g/mol. The molecular weight excluding hydrogens is 264 g/mol. The average Bonchev–Trinajstić information content (AvgIpc) is 2.48. The first-order chi connectivity index (χ1) is 10.2. The number of benzene rings is 2. The first kappa shape index (κ1) is 15.4. The van der Waals surface area contributed by atoms with E-state index in [9.17, 15) is 5.11 Å². The van der Waals surface area contributed by atoms with Crippen molar-refractivity contribution in [3.05, 3.63) is 59.2 Å². The van der Waals surface area contributed by atoms with Crippen LogP contribution in [0.25, 0.3) is 0 Å². The third kappa shape index (κ3) is 3.76. The molecule has 2 aromatic rings. The lowest BCUT2D eigenvalue weighted by Crippen LogP contribution is -2.06. The molecule has 2 rings (SSSR count).